The second-order valence-corrected chi connectivity index (χ2v) is 7.74. The molecule has 1 atom stereocenters. The number of ether oxygens (including phenoxy) is 2. The van der Waals surface area contributed by atoms with E-state index in [4.69, 9.17) is 9.47 Å². The maximum Gasteiger partial charge on any atom is 0.260 e. The predicted molar refractivity (Wildman–Crippen MR) is 120 cm³/mol. The number of halogens is 1. The summed E-state index contributed by atoms with van der Waals surface area (Å²) < 4.78 is 11.5. The van der Waals surface area contributed by atoms with E-state index in [1.165, 1.54) is 5.56 Å². The third-order valence-corrected chi connectivity index (χ3v) is 5.63. The molecule has 2 fully saturated rings. The van der Waals surface area contributed by atoms with Crippen molar-refractivity contribution in [1.29, 1.82) is 0 Å². The van der Waals surface area contributed by atoms with Crippen molar-refractivity contribution in [2.75, 3.05) is 45.9 Å². The van der Waals surface area contributed by atoms with Gasteiger partial charge < -0.3 is 19.7 Å². The van der Waals surface area contributed by atoms with Crippen LogP contribution in [0.25, 0.3) is 0 Å². The van der Waals surface area contributed by atoms with Crippen molar-refractivity contribution < 1.29 is 14.3 Å². The number of carbonyl (C=O) groups excluding carboxylic acids is 1. The summed E-state index contributed by atoms with van der Waals surface area (Å²) in [5, 5.41) is 3.38. The molecule has 1 unspecified atom stereocenters. The Bertz CT molecular complexity index is 807. The van der Waals surface area contributed by atoms with Crippen LogP contribution >= 0.6 is 12.4 Å². The Morgan fingerprint density at radius 1 is 0.967 bits per heavy atom. The second-order valence-electron chi connectivity index (χ2n) is 7.74. The molecular formula is C23H30ClN3O3. The first-order chi connectivity index (χ1) is 14.2. The van der Waals surface area contributed by atoms with E-state index in [0.29, 0.717) is 11.8 Å². The molecule has 2 aromatic rings. The molecule has 2 aromatic carbocycles. The monoisotopic (exact) mass is 431 g/mol. The van der Waals surface area contributed by atoms with Crippen LogP contribution in [0.1, 0.15) is 12.0 Å². The highest BCUT2D eigenvalue weighted by Gasteiger charge is 2.30. The minimum Gasteiger partial charge on any atom is -0.484 e. The fourth-order valence-corrected chi connectivity index (χ4v) is 3.90. The molecule has 2 saturated heterocycles. The number of carbonyl (C=O) groups is 1. The molecule has 2 aliphatic rings. The van der Waals surface area contributed by atoms with E-state index in [1.807, 2.05) is 60.4 Å². The maximum absolute atomic E-state index is 12.5. The van der Waals surface area contributed by atoms with Crippen LogP contribution in [-0.2, 0) is 4.79 Å². The average Bonchev–Trinajstić information content (AvgIpc) is 3.26. The predicted octanol–water partition coefficient (Wildman–Crippen LogP) is 3.09. The van der Waals surface area contributed by atoms with Crippen LogP contribution < -0.4 is 14.8 Å². The van der Waals surface area contributed by atoms with Crippen molar-refractivity contribution in [2.45, 2.75) is 19.4 Å². The van der Waals surface area contributed by atoms with Crippen molar-refractivity contribution in [2.24, 2.45) is 0 Å². The zero-order valence-corrected chi connectivity index (χ0v) is 18.2. The Kier molecular flexibility index (Phi) is 7.96. The van der Waals surface area contributed by atoms with Gasteiger partial charge in [0.2, 0.25) is 0 Å². The summed E-state index contributed by atoms with van der Waals surface area (Å²) in [6.07, 6.45) is 1.05. The van der Waals surface area contributed by atoms with Gasteiger partial charge in [-0.25, -0.2) is 0 Å². The summed E-state index contributed by atoms with van der Waals surface area (Å²) in [7, 11) is 0. The number of likely N-dealkylation sites (tertiary alicyclic amines) is 1. The van der Waals surface area contributed by atoms with E-state index >= 15 is 0 Å². The number of piperazine rings is 1. The lowest BCUT2D eigenvalue weighted by atomic mass is 10.2. The molecule has 30 heavy (non-hydrogen) atoms. The molecule has 0 saturated carbocycles. The number of benzene rings is 2. The van der Waals surface area contributed by atoms with Crippen molar-refractivity contribution in [3.8, 4) is 17.2 Å². The molecule has 1 N–H and O–H groups in total. The summed E-state index contributed by atoms with van der Waals surface area (Å²) in [6.45, 7) is 7.97. The highest BCUT2D eigenvalue weighted by Crippen LogP contribution is 2.24. The Morgan fingerprint density at radius 3 is 2.23 bits per heavy atom. The molecule has 0 aliphatic carbocycles. The van der Waals surface area contributed by atoms with Crippen LogP contribution in [0.4, 0.5) is 0 Å². The largest absolute Gasteiger partial charge is 0.484 e. The van der Waals surface area contributed by atoms with E-state index in [-0.39, 0.29) is 24.9 Å². The zero-order valence-electron chi connectivity index (χ0n) is 17.4. The number of nitrogens with zero attached hydrogens (tertiary/aromatic N) is 2. The van der Waals surface area contributed by atoms with E-state index in [2.05, 4.69) is 10.2 Å². The van der Waals surface area contributed by atoms with Crippen LogP contribution in [0.15, 0.2) is 48.5 Å². The summed E-state index contributed by atoms with van der Waals surface area (Å²) >= 11 is 0. The fraction of sp³-hybridized carbons (Fsp3) is 0.435. The van der Waals surface area contributed by atoms with Crippen molar-refractivity contribution in [1.82, 2.24) is 15.1 Å². The van der Waals surface area contributed by atoms with Gasteiger partial charge in [0, 0.05) is 45.3 Å². The van der Waals surface area contributed by atoms with Crippen molar-refractivity contribution in [3.63, 3.8) is 0 Å². The fourth-order valence-electron chi connectivity index (χ4n) is 3.90. The Morgan fingerprint density at radius 2 is 1.57 bits per heavy atom. The van der Waals surface area contributed by atoms with E-state index < -0.39 is 0 Å². The zero-order chi connectivity index (χ0) is 20.1. The second kappa shape index (κ2) is 10.7. The Balaban J connectivity index is 0.00000256. The molecule has 1 amide bonds. The summed E-state index contributed by atoms with van der Waals surface area (Å²) in [5.74, 6) is 2.27. The van der Waals surface area contributed by atoms with Crippen molar-refractivity contribution in [3.05, 3.63) is 54.1 Å². The number of rotatable bonds is 6. The van der Waals surface area contributed by atoms with Gasteiger partial charge in [0.25, 0.3) is 5.91 Å². The average molecular weight is 432 g/mol. The van der Waals surface area contributed by atoms with Crippen LogP contribution in [0.5, 0.6) is 17.2 Å². The molecule has 0 spiro atoms. The summed E-state index contributed by atoms with van der Waals surface area (Å²) in [5.41, 5.74) is 1.20. The van der Waals surface area contributed by atoms with Gasteiger partial charge in [0.15, 0.2) is 6.61 Å². The van der Waals surface area contributed by atoms with Gasteiger partial charge in [-0.15, -0.1) is 12.4 Å². The topological polar surface area (TPSA) is 54.0 Å². The molecule has 6 nitrogen and oxygen atoms in total. The number of amides is 1. The molecular weight excluding hydrogens is 402 g/mol. The SMILES string of the molecule is Cc1ccc(Oc2ccc(OCC(=O)N3CCC(N4CCNCC4)C3)cc2)cc1.Cl. The minimum absolute atomic E-state index is 0. The van der Waals surface area contributed by atoms with Gasteiger partial charge in [-0.3, -0.25) is 9.69 Å². The van der Waals surface area contributed by atoms with Gasteiger partial charge in [0.1, 0.15) is 17.2 Å². The highest BCUT2D eigenvalue weighted by atomic mass is 35.5. The first kappa shape index (κ1) is 22.4. The third kappa shape index (κ3) is 5.88. The van der Waals surface area contributed by atoms with E-state index in [0.717, 1.165) is 57.2 Å². The lowest BCUT2D eigenvalue weighted by Crippen LogP contribution is -2.49. The lowest BCUT2D eigenvalue weighted by Gasteiger charge is -2.32. The summed E-state index contributed by atoms with van der Waals surface area (Å²) in [4.78, 5) is 17.0. The first-order valence-electron chi connectivity index (χ1n) is 10.4. The number of nitrogens with one attached hydrogen (secondary N) is 1. The normalized spacial score (nSPS) is 19.2. The molecule has 0 aromatic heterocycles. The van der Waals surface area contributed by atoms with Crippen molar-refractivity contribution >= 4 is 18.3 Å². The molecule has 0 bridgehead atoms. The van der Waals surface area contributed by atoms with Gasteiger partial charge >= 0.3 is 0 Å². The molecule has 0 radical (unpaired) electrons. The Labute approximate surface area is 184 Å². The summed E-state index contributed by atoms with van der Waals surface area (Å²) in [6, 6.07) is 15.8. The Hall–Kier alpha value is -2.28. The van der Waals surface area contributed by atoms with Gasteiger partial charge in [-0.1, -0.05) is 17.7 Å². The molecule has 2 aliphatic heterocycles. The maximum atomic E-state index is 12.5. The lowest BCUT2D eigenvalue weighted by molar-refractivity contribution is -0.132. The minimum atomic E-state index is 0. The van der Waals surface area contributed by atoms with E-state index in [1.54, 1.807) is 0 Å². The smallest absolute Gasteiger partial charge is 0.260 e. The highest BCUT2D eigenvalue weighted by molar-refractivity contribution is 5.85. The van der Waals surface area contributed by atoms with Gasteiger partial charge in [0.05, 0.1) is 0 Å². The number of hydrogen-bond acceptors (Lipinski definition) is 5. The molecule has 162 valence electrons. The van der Waals surface area contributed by atoms with Crippen LogP contribution in [0, 0.1) is 6.92 Å². The van der Waals surface area contributed by atoms with Gasteiger partial charge in [-0.2, -0.15) is 0 Å². The number of aryl methyl sites for hydroxylation is 1. The first-order valence-corrected chi connectivity index (χ1v) is 10.4. The molecule has 2 heterocycles. The standard InChI is InChI=1S/C23H29N3O3.ClH/c1-18-2-4-21(5-3-18)29-22-8-6-20(7-9-22)28-17-23(27)26-13-10-19(16-26)25-14-11-24-12-15-25;/h2-9,19,24H,10-17H2,1H3;1H. The van der Waals surface area contributed by atoms with Crippen LogP contribution in [0.2, 0.25) is 0 Å². The van der Waals surface area contributed by atoms with Crippen LogP contribution in [-0.4, -0.2) is 67.6 Å². The van der Waals surface area contributed by atoms with Gasteiger partial charge in [-0.05, 0) is 49.7 Å². The number of hydrogen-bond donors (Lipinski definition) is 1. The molecule has 7 heteroatoms. The van der Waals surface area contributed by atoms with E-state index in [9.17, 15) is 4.79 Å². The third-order valence-electron chi connectivity index (χ3n) is 5.63. The quantitative estimate of drug-likeness (QED) is 0.761. The van der Waals surface area contributed by atoms with Crippen LogP contribution in [0.3, 0.4) is 0 Å². The molecule has 4 rings (SSSR count).